The Morgan fingerprint density at radius 2 is 1.88 bits per heavy atom. The summed E-state index contributed by atoms with van der Waals surface area (Å²) in [7, 11) is 0. The molecule has 0 aliphatic carbocycles. The fraction of sp³-hybridized carbons (Fsp3) is 0.556. The largest absolute Gasteiger partial charge is 0.506 e. The first-order valence-electron chi connectivity index (χ1n) is 9.01. The van der Waals surface area contributed by atoms with Gasteiger partial charge in [-0.3, -0.25) is 9.59 Å². The van der Waals surface area contributed by atoms with E-state index in [2.05, 4.69) is 4.90 Å². The first kappa shape index (κ1) is 17.5. The summed E-state index contributed by atoms with van der Waals surface area (Å²) in [5, 5.41) is 9.97. The van der Waals surface area contributed by atoms with E-state index in [-0.39, 0.29) is 5.91 Å². The summed E-state index contributed by atoms with van der Waals surface area (Å²) in [6.07, 6.45) is 2.56. The third-order valence-electron chi connectivity index (χ3n) is 5.25. The summed E-state index contributed by atoms with van der Waals surface area (Å²) in [6.45, 7) is 4.27. The summed E-state index contributed by atoms with van der Waals surface area (Å²) in [5.74, 6) is -0.0819. The van der Waals surface area contributed by atoms with Gasteiger partial charge in [0, 0.05) is 6.54 Å². The Labute approximate surface area is 148 Å². The number of rotatable bonds is 4. The number of likely N-dealkylation sites (tertiary alicyclic amines) is 1. The molecule has 1 aromatic rings. The van der Waals surface area contributed by atoms with E-state index in [1.54, 1.807) is 11.0 Å². The van der Waals surface area contributed by atoms with Crippen LogP contribution < -0.4 is 15.5 Å². The minimum atomic E-state index is -0.441. The van der Waals surface area contributed by atoms with Crippen molar-refractivity contribution in [3.05, 3.63) is 24.3 Å². The van der Waals surface area contributed by atoms with Crippen LogP contribution in [0.4, 0.5) is 5.69 Å². The van der Waals surface area contributed by atoms with Crippen molar-refractivity contribution in [2.75, 3.05) is 44.2 Å². The van der Waals surface area contributed by atoms with Gasteiger partial charge in [0.25, 0.3) is 5.91 Å². The Morgan fingerprint density at radius 1 is 1.16 bits per heavy atom. The average molecular weight is 347 g/mol. The number of phenols is 1. The fourth-order valence-electron chi connectivity index (χ4n) is 3.81. The second-order valence-corrected chi connectivity index (χ2v) is 6.90. The van der Waals surface area contributed by atoms with Crippen molar-refractivity contribution in [2.24, 2.45) is 5.73 Å². The van der Waals surface area contributed by atoms with Crippen molar-refractivity contribution < 1.29 is 19.6 Å². The quantitative estimate of drug-likeness (QED) is 0.649. The number of anilines is 1. The number of nitrogens with zero attached hydrogens (tertiary/aromatic N) is 2. The third-order valence-corrected chi connectivity index (χ3v) is 5.25. The lowest BCUT2D eigenvalue weighted by molar-refractivity contribution is -0.892. The minimum Gasteiger partial charge on any atom is -0.506 e. The molecule has 0 aromatic heterocycles. The average Bonchev–Trinajstić information content (AvgIpc) is 2.63. The summed E-state index contributed by atoms with van der Waals surface area (Å²) >= 11 is 0. The van der Waals surface area contributed by atoms with Gasteiger partial charge < -0.3 is 25.5 Å². The molecule has 2 saturated heterocycles. The van der Waals surface area contributed by atoms with Crippen molar-refractivity contribution in [3.8, 4) is 5.75 Å². The van der Waals surface area contributed by atoms with Gasteiger partial charge in [0.05, 0.1) is 31.9 Å². The molecule has 0 spiro atoms. The zero-order valence-electron chi connectivity index (χ0n) is 14.5. The van der Waals surface area contributed by atoms with Crippen molar-refractivity contribution in [2.45, 2.75) is 25.3 Å². The molecule has 0 bridgehead atoms. The number of piperazine rings is 1. The Bertz CT molecular complexity index is 629. The zero-order valence-corrected chi connectivity index (χ0v) is 14.5. The smallest absolute Gasteiger partial charge is 0.278 e. The maximum absolute atomic E-state index is 12.6. The van der Waals surface area contributed by atoms with Crippen LogP contribution in [0.1, 0.15) is 19.3 Å². The number of para-hydroxylation sites is 2. The van der Waals surface area contributed by atoms with E-state index in [1.807, 2.05) is 18.2 Å². The number of carbonyl (C=O) groups excluding carboxylic acids is 2. The standard InChI is InChI=1S/C18H26N4O3/c19-18(25)15-6-3-4-8-22(15)17(24)13-20-9-11-21(12-10-20)14-5-1-2-7-16(14)23/h1-2,5,7,15,23H,3-4,6,8-13H2,(H2,19,25)/p+1/t15-/m0/s1. The summed E-state index contributed by atoms with van der Waals surface area (Å²) in [4.78, 5) is 29.3. The van der Waals surface area contributed by atoms with Crippen LogP contribution in [0.3, 0.4) is 0 Å². The SMILES string of the molecule is NC(=O)[C@@H]1CCCCN1C(=O)C[NH+]1CCN(c2ccccc2O)CC1. The molecule has 2 aliphatic rings. The van der Waals surface area contributed by atoms with Crippen molar-refractivity contribution >= 4 is 17.5 Å². The number of piperidine rings is 1. The number of hydrogen-bond acceptors (Lipinski definition) is 4. The molecular weight excluding hydrogens is 320 g/mol. The maximum Gasteiger partial charge on any atom is 0.278 e. The van der Waals surface area contributed by atoms with Gasteiger partial charge in [-0.15, -0.1) is 0 Å². The van der Waals surface area contributed by atoms with Crippen LogP contribution >= 0.6 is 0 Å². The van der Waals surface area contributed by atoms with E-state index < -0.39 is 11.9 Å². The second-order valence-electron chi connectivity index (χ2n) is 6.90. The molecule has 0 saturated carbocycles. The lowest BCUT2D eigenvalue weighted by Crippen LogP contribution is -3.16. The molecule has 0 radical (unpaired) electrons. The predicted molar refractivity (Wildman–Crippen MR) is 94.4 cm³/mol. The first-order chi connectivity index (χ1) is 12.1. The molecule has 4 N–H and O–H groups in total. The number of amides is 2. The highest BCUT2D eigenvalue weighted by molar-refractivity contribution is 5.87. The molecule has 136 valence electrons. The van der Waals surface area contributed by atoms with Crippen LogP contribution in [-0.4, -0.2) is 67.1 Å². The molecule has 0 unspecified atom stereocenters. The summed E-state index contributed by atoms with van der Waals surface area (Å²) in [6, 6.07) is 6.89. The maximum atomic E-state index is 12.6. The molecule has 2 fully saturated rings. The molecule has 1 atom stereocenters. The number of carbonyl (C=O) groups is 2. The predicted octanol–water partition coefficient (Wildman–Crippen LogP) is -1.04. The third kappa shape index (κ3) is 4.04. The van der Waals surface area contributed by atoms with Gasteiger partial charge in [-0.2, -0.15) is 0 Å². The van der Waals surface area contributed by atoms with Crippen LogP contribution in [0.2, 0.25) is 0 Å². The molecule has 2 heterocycles. The number of benzene rings is 1. The van der Waals surface area contributed by atoms with E-state index in [0.717, 1.165) is 44.7 Å². The molecule has 1 aromatic carbocycles. The summed E-state index contributed by atoms with van der Waals surface area (Å²) < 4.78 is 0. The topological polar surface area (TPSA) is 91.3 Å². The van der Waals surface area contributed by atoms with Gasteiger partial charge in [0.1, 0.15) is 11.8 Å². The number of aromatic hydroxyl groups is 1. The highest BCUT2D eigenvalue weighted by atomic mass is 16.3. The lowest BCUT2D eigenvalue weighted by Gasteiger charge is -2.37. The van der Waals surface area contributed by atoms with Gasteiger partial charge in [0.2, 0.25) is 5.91 Å². The van der Waals surface area contributed by atoms with Gasteiger partial charge in [-0.25, -0.2) is 0 Å². The van der Waals surface area contributed by atoms with Crippen molar-refractivity contribution in [1.82, 2.24) is 4.90 Å². The molecule has 2 amide bonds. The van der Waals surface area contributed by atoms with E-state index in [0.29, 0.717) is 25.3 Å². The number of phenolic OH excluding ortho intramolecular Hbond substituents is 1. The molecule has 7 nitrogen and oxygen atoms in total. The molecule has 25 heavy (non-hydrogen) atoms. The van der Waals surface area contributed by atoms with Crippen LogP contribution in [-0.2, 0) is 9.59 Å². The molecule has 3 rings (SSSR count). The van der Waals surface area contributed by atoms with Crippen LogP contribution in [0, 0.1) is 0 Å². The van der Waals surface area contributed by atoms with E-state index in [1.165, 1.54) is 4.90 Å². The monoisotopic (exact) mass is 347 g/mol. The number of nitrogens with two attached hydrogens (primary N) is 1. The normalized spacial score (nSPS) is 22.0. The Hall–Kier alpha value is -2.28. The number of quaternary nitrogens is 1. The number of nitrogens with one attached hydrogen (secondary N) is 1. The van der Waals surface area contributed by atoms with Gasteiger partial charge in [-0.1, -0.05) is 12.1 Å². The molecule has 7 heteroatoms. The minimum absolute atomic E-state index is 0.0227. The Balaban J connectivity index is 1.54. The first-order valence-corrected chi connectivity index (χ1v) is 9.01. The Kier molecular flexibility index (Phi) is 5.43. The van der Waals surface area contributed by atoms with Gasteiger partial charge in [0.15, 0.2) is 6.54 Å². The van der Waals surface area contributed by atoms with Crippen LogP contribution in [0.25, 0.3) is 0 Å². The fourth-order valence-corrected chi connectivity index (χ4v) is 3.81. The van der Waals surface area contributed by atoms with Crippen LogP contribution in [0.5, 0.6) is 5.75 Å². The van der Waals surface area contributed by atoms with Crippen molar-refractivity contribution in [3.63, 3.8) is 0 Å². The lowest BCUT2D eigenvalue weighted by atomic mass is 10.0. The van der Waals surface area contributed by atoms with Crippen LogP contribution in [0.15, 0.2) is 24.3 Å². The highest BCUT2D eigenvalue weighted by Gasteiger charge is 2.33. The summed E-state index contributed by atoms with van der Waals surface area (Å²) in [5.41, 5.74) is 6.30. The van der Waals surface area contributed by atoms with E-state index in [4.69, 9.17) is 5.73 Å². The zero-order chi connectivity index (χ0) is 17.8. The Morgan fingerprint density at radius 3 is 2.56 bits per heavy atom. The van der Waals surface area contributed by atoms with E-state index in [9.17, 15) is 14.7 Å². The molecular formula is C18H27N4O3+. The number of hydrogen-bond donors (Lipinski definition) is 3. The van der Waals surface area contributed by atoms with Gasteiger partial charge in [-0.05, 0) is 31.4 Å². The highest BCUT2D eigenvalue weighted by Crippen LogP contribution is 2.26. The molecule has 2 aliphatic heterocycles. The van der Waals surface area contributed by atoms with E-state index >= 15 is 0 Å². The second kappa shape index (κ2) is 7.74. The number of primary amides is 1. The van der Waals surface area contributed by atoms with Gasteiger partial charge >= 0.3 is 0 Å². The van der Waals surface area contributed by atoms with Crippen molar-refractivity contribution in [1.29, 1.82) is 0 Å².